The van der Waals surface area contributed by atoms with Gasteiger partial charge in [-0.25, -0.2) is 9.97 Å². The molecule has 1 rings (SSSR count). The first-order valence-electron chi connectivity index (χ1n) is 2.84. The third kappa shape index (κ3) is 1.81. The molecule has 0 aliphatic rings. The molecule has 0 fully saturated rings. The summed E-state index contributed by atoms with van der Waals surface area (Å²) in [7, 11) is 0. The maximum Gasteiger partial charge on any atom is 0.207 e. The number of rotatable bonds is 3. The highest BCUT2D eigenvalue weighted by molar-refractivity contribution is 5.46. The first-order chi connectivity index (χ1) is 4.93. The summed E-state index contributed by atoms with van der Waals surface area (Å²) < 4.78 is 0. The lowest BCUT2D eigenvalue weighted by molar-refractivity contribution is -0.109. The third-order valence-electron chi connectivity index (χ3n) is 1.00. The second kappa shape index (κ2) is 3.55. The fourth-order valence-corrected chi connectivity index (χ4v) is 0.581. The molecule has 1 N–H and O–H groups in total. The molecule has 52 valence electrons. The van der Waals surface area contributed by atoms with Crippen molar-refractivity contribution in [2.45, 2.75) is 6.54 Å². The monoisotopic (exact) mass is 137 g/mol. The molecule has 0 unspecified atom stereocenters. The van der Waals surface area contributed by atoms with E-state index in [1.165, 1.54) is 6.33 Å². The highest BCUT2D eigenvalue weighted by Crippen LogP contribution is 1.89. The molecule has 1 aromatic rings. The average molecular weight is 137 g/mol. The Bertz CT molecular complexity index is 199. The summed E-state index contributed by atoms with van der Waals surface area (Å²) >= 11 is 0. The summed E-state index contributed by atoms with van der Waals surface area (Å²) in [6.07, 6.45) is 5.41. The van der Waals surface area contributed by atoms with Gasteiger partial charge in [0.1, 0.15) is 6.33 Å². The molecule has 0 saturated carbocycles. The lowest BCUT2D eigenvalue weighted by atomic mass is 10.3. The Hall–Kier alpha value is -1.45. The van der Waals surface area contributed by atoms with Crippen LogP contribution in [0.2, 0.25) is 0 Å². The standard InChI is InChI=1S/C6H7N3O/c10-5-9-3-6-1-7-4-8-2-6/h1-2,4-5H,3H2,(H,9,10). The average Bonchev–Trinajstić information content (AvgIpc) is 2.03. The van der Waals surface area contributed by atoms with Crippen LogP contribution in [-0.2, 0) is 11.3 Å². The van der Waals surface area contributed by atoms with Gasteiger partial charge in [-0.05, 0) is 0 Å². The zero-order chi connectivity index (χ0) is 7.23. The lowest BCUT2D eigenvalue weighted by Crippen LogP contribution is -2.09. The molecule has 0 saturated heterocycles. The topological polar surface area (TPSA) is 54.9 Å². The summed E-state index contributed by atoms with van der Waals surface area (Å²) in [4.78, 5) is 17.4. The molecule has 10 heavy (non-hydrogen) atoms. The molecular weight excluding hydrogens is 130 g/mol. The fraction of sp³-hybridized carbons (Fsp3) is 0.167. The highest BCUT2D eigenvalue weighted by atomic mass is 16.1. The van der Waals surface area contributed by atoms with Crippen molar-refractivity contribution in [3.63, 3.8) is 0 Å². The summed E-state index contributed by atoms with van der Waals surface area (Å²) in [5, 5.41) is 2.50. The summed E-state index contributed by atoms with van der Waals surface area (Å²) in [6.45, 7) is 0.490. The number of amides is 1. The van der Waals surface area contributed by atoms with Gasteiger partial charge >= 0.3 is 0 Å². The van der Waals surface area contributed by atoms with Crippen LogP contribution in [0.4, 0.5) is 0 Å². The van der Waals surface area contributed by atoms with Gasteiger partial charge in [-0.3, -0.25) is 4.79 Å². The van der Waals surface area contributed by atoms with Gasteiger partial charge in [0.05, 0.1) is 0 Å². The van der Waals surface area contributed by atoms with Crippen LogP contribution in [-0.4, -0.2) is 16.4 Å². The van der Waals surface area contributed by atoms with E-state index in [-0.39, 0.29) is 0 Å². The molecular formula is C6H7N3O. The van der Waals surface area contributed by atoms with Gasteiger partial charge in [-0.1, -0.05) is 0 Å². The van der Waals surface area contributed by atoms with Gasteiger partial charge < -0.3 is 5.32 Å². The van der Waals surface area contributed by atoms with Gasteiger partial charge in [0.2, 0.25) is 6.41 Å². The SMILES string of the molecule is O=CNCc1cncnc1. The van der Waals surface area contributed by atoms with Crippen molar-refractivity contribution in [2.24, 2.45) is 0 Å². The quantitative estimate of drug-likeness (QED) is 0.583. The minimum atomic E-state index is 0.490. The van der Waals surface area contributed by atoms with Crippen LogP contribution < -0.4 is 5.32 Å². The first-order valence-corrected chi connectivity index (χ1v) is 2.84. The maximum atomic E-state index is 9.83. The van der Waals surface area contributed by atoms with Crippen molar-refractivity contribution in [3.05, 3.63) is 24.3 Å². The van der Waals surface area contributed by atoms with Crippen LogP contribution in [0.1, 0.15) is 5.56 Å². The zero-order valence-corrected chi connectivity index (χ0v) is 5.32. The molecule has 1 aromatic heterocycles. The van der Waals surface area contributed by atoms with Crippen LogP contribution in [0.25, 0.3) is 0 Å². The molecule has 0 aliphatic carbocycles. The second-order valence-electron chi connectivity index (χ2n) is 1.75. The molecule has 0 aliphatic heterocycles. The summed E-state index contributed by atoms with van der Waals surface area (Å²) in [6, 6.07) is 0. The lowest BCUT2D eigenvalue weighted by Gasteiger charge is -1.94. The molecule has 4 heteroatoms. The summed E-state index contributed by atoms with van der Waals surface area (Å²) in [5.74, 6) is 0. The van der Waals surface area contributed by atoms with Gasteiger partial charge in [0.25, 0.3) is 0 Å². The number of hydrogen-bond acceptors (Lipinski definition) is 3. The van der Waals surface area contributed by atoms with Crippen LogP contribution in [0.3, 0.4) is 0 Å². The molecule has 4 nitrogen and oxygen atoms in total. The van der Waals surface area contributed by atoms with Crippen molar-refractivity contribution < 1.29 is 4.79 Å². The number of nitrogens with one attached hydrogen (secondary N) is 1. The Balaban J connectivity index is 2.50. The molecule has 0 aromatic carbocycles. The van der Waals surface area contributed by atoms with Crippen molar-refractivity contribution in [3.8, 4) is 0 Å². The van der Waals surface area contributed by atoms with Crippen LogP contribution in [0, 0.1) is 0 Å². The molecule has 0 atom stereocenters. The number of aromatic nitrogens is 2. The third-order valence-corrected chi connectivity index (χ3v) is 1.00. The normalized spacial score (nSPS) is 8.80. The maximum absolute atomic E-state index is 9.83. The smallest absolute Gasteiger partial charge is 0.207 e. The Morgan fingerprint density at radius 2 is 2.20 bits per heavy atom. The molecule has 1 heterocycles. The van der Waals surface area contributed by atoms with E-state index in [2.05, 4.69) is 15.3 Å². The van der Waals surface area contributed by atoms with Crippen molar-refractivity contribution in [2.75, 3.05) is 0 Å². The van der Waals surface area contributed by atoms with Crippen LogP contribution >= 0.6 is 0 Å². The Morgan fingerprint density at radius 3 is 2.80 bits per heavy atom. The minimum Gasteiger partial charge on any atom is -0.354 e. The number of hydrogen-bond donors (Lipinski definition) is 1. The predicted molar refractivity (Wildman–Crippen MR) is 34.9 cm³/mol. The van der Waals surface area contributed by atoms with E-state index >= 15 is 0 Å². The number of carbonyl (C=O) groups is 1. The van der Waals surface area contributed by atoms with Crippen LogP contribution in [0.5, 0.6) is 0 Å². The zero-order valence-electron chi connectivity index (χ0n) is 5.32. The van der Waals surface area contributed by atoms with E-state index in [1.807, 2.05) is 0 Å². The second-order valence-corrected chi connectivity index (χ2v) is 1.75. The van der Waals surface area contributed by atoms with Crippen LogP contribution in [0.15, 0.2) is 18.7 Å². The van der Waals surface area contributed by atoms with E-state index in [9.17, 15) is 4.79 Å². The van der Waals surface area contributed by atoms with E-state index in [0.717, 1.165) is 5.56 Å². The molecule has 0 radical (unpaired) electrons. The Kier molecular flexibility index (Phi) is 2.37. The molecule has 1 amide bonds. The molecule has 0 bridgehead atoms. The highest BCUT2D eigenvalue weighted by Gasteiger charge is 1.87. The molecule has 0 spiro atoms. The predicted octanol–water partition coefficient (Wildman–Crippen LogP) is -0.277. The van der Waals surface area contributed by atoms with Crippen molar-refractivity contribution in [1.29, 1.82) is 0 Å². The number of carbonyl (C=O) groups excluding carboxylic acids is 1. The van der Waals surface area contributed by atoms with Gasteiger partial charge in [-0.2, -0.15) is 0 Å². The largest absolute Gasteiger partial charge is 0.354 e. The Labute approximate surface area is 58.3 Å². The van der Waals surface area contributed by atoms with E-state index < -0.39 is 0 Å². The number of nitrogens with zero attached hydrogens (tertiary/aromatic N) is 2. The van der Waals surface area contributed by atoms with Crippen molar-refractivity contribution in [1.82, 2.24) is 15.3 Å². The van der Waals surface area contributed by atoms with Crippen molar-refractivity contribution >= 4 is 6.41 Å². The van der Waals surface area contributed by atoms with Gasteiger partial charge in [0.15, 0.2) is 0 Å². The summed E-state index contributed by atoms with van der Waals surface area (Å²) in [5.41, 5.74) is 0.898. The van der Waals surface area contributed by atoms with E-state index in [0.29, 0.717) is 13.0 Å². The fourth-order valence-electron chi connectivity index (χ4n) is 0.581. The minimum absolute atomic E-state index is 0.490. The Morgan fingerprint density at radius 1 is 1.50 bits per heavy atom. The van der Waals surface area contributed by atoms with E-state index in [1.54, 1.807) is 12.4 Å². The first kappa shape index (κ1) is 6.67. The van der Waals surface area contributed by atoms with E-state index in [4.69, 9.17) is 0 Å². The van der Waals surface area contributed by atoms with Gasteiger partial charge in [0, 0.05) is 24.5 Å². The van der Waals surface area contributed by atoms with Gasteiger partial charge in [-0.15, -0.1) is 0 Å².